The minimum Gasteiger partial charge on any atom is -0.497 e. The Morgan fingerprint density at radius 2 is 1.82 bits per heavy atom. The monoisotopic (exact) mass is 293 g/mol. The summed E-state index contributed by atoms with van der Waals surface area (Å²) in [5.41, 5.74) is 7.43. The number of ether oxygens (including phenoxy) is 1. The van der Waals surface area contributed by atoms with Gasteiger partial charge in [-0.3, -0.25) is 0 Å². The van der Waals surface area contributed by atoms with E-state index in [4.69, 9.17) is 4.74 Å². The number of benzene rings is 2. The molecule has 0 spiro atoms. The Labute approximate surface area is 133 Å². The first kappa shape index (κ1) is 14.7. The van der Waals surface area contributed by atoms with E-state index in [0.29, 0.717) is 0 Å². The SMILES string of the molecule is C=C1N(C)c2ccc(-c3ccc(OC)cc3C)cc2C1(C)C. The van der Waals surface area contributed by atoms with Gasteiger partial charge in [0.05, 0.1) is 7.11 Å². The Morgan fingerprint density at radius 1 is 1.09 bits per heavy atom. The molecule has 114 valence electrons. The maximum absolute atomic E-state index is 5.30. The summed E-state index contributed by atoms with van der Waals surface area (Å²) < 4.78 is 5.30. The van der Waals surface area contributed by atoms with E-state index in [1.807, 2.05) is 6.07 Å². The molecule has 2 heteroatoms. The van der Waals surface area contributed by atoms with Gasteiger partial charge in [-0.2, -0.15) is 0 Å². The Kier molecular flexibility index (Phi) is 3.28. The third-order valence-corrected chi connectivity index (χ3v) is 4.90. The zero-order valence-electron chi connectivity index (χ0n) is 14.0. The van der Waals surface area contributed by atoms with Crippen molar-refractivity contribution in [1.82, 2.24) is 0 Å². The number of fused-ring (bicyclic) bond motifs is 1. The van der Waals surface area contributed by atoms with Crippen molar-refractivity contribution >= 4 is 5.69 Å². The average Bonchev–Trinajstić information content (AvgIpc) is 2.68. The van der Waals surface area contributed by atoms with Crippen LogP contribution >= 0.6 is 0 Å². The number of nitrogens with zero attached hydrogens (tertiary/aromatic N) is 1. The molecule has 2 nitrogen and oxygen atoms in total. The van der Waals surface area contributed by atoms with Gasteiger partial charge in [-0.15, -0.1) is 0 Å². The van der Waals surface area contributed by atoms with E-state index in [9.17, 15) is 0 Å². The molecule has 2 aromatic rings. The minimum absolute atomic E-state index is 0.0273. The molecule has 0 fully saturated rings. The number of anilines is 1. The lowest BCUT2D eigenvalue weighted by Crippen LogP contribution is -2.21. The smallest absolute Gasteiger partial charge is 0.119 e. The van der Waals surface area contributed by atoms with Crippen LogP contribution in [-0.4, -0.2) is 14.2 Å². The van der Waals surface area contributed by atoms with Gasteiger partial charge in [-0.1, -0.05) is 32.6 Å². The summed E-state index contributed by atoms with van der Waals surface area (Å²) in [5, 5.41) is 0. The number of aryl methyl sites for hydroxylation is 1. The zero-order chi connectivity index (χ0) is 16.1. The van der Waals surface area contributed by atoms with Crippen molar-refractivity contribution in [3.05, 3.63) is 59.8 Å². The van der Waals surface area contributed by atoms with Gasteiger partial charge >= 0.3 is 0 Å². The summed E-state index contributed by atoms with van der Waals surface area (Å²) in [6.07, 6.45) is 0. The fourth-order valence-corrected chi connectivity index (χ4v) is 3.30. The lowest BCUT2D eigenvalue weighted by atomic mass is 9.83. The molecule has 0 amide bonds. The highest BCUT2D eigenvalue weighted by molar-refractivity contribution is 5.77. The molecule has 1 aliphatic heterocycles. The van der Waals surface area contributed by atoms with E-state index in [1.165, 1.54) is 27.9 Å². The molecule has 0 unspecified atom stereocenters. The molecule has 0 N–H and O–H groups in total. The number of methoxy groups -OCH3 is 1. The molecule has 1 heterocycles. The molecule has 1 aliphatic rings. The third kappa shape index (κ3) is 2.02. The van der Waals surface area contributed by atoms with Crippen molar-refractivity contribution in [3.8, 4) is 16.9 Å². The van der Waals surface area contributed by atoms with Crippen LogP contribution in [0.15, 0.2) is 48.7 Å². The van der Waals surface area contributed by atoms with Gasteiger partial charge in [0.25, 0.3) is 0 Å². The second-order valence-corrected chi connectivity index (χ2v) is 6.54. The maximum Gasteiger partial charge on any atom is 0.119 e. The summed E-state index contributed by atoms with van der Waals surface area (Å²) in [6, 6.07) is 12.9. The Hall–Kier alpha value is -2.22. The quantitative estimate of drug-likeness (QED) is 0.780. The second-order valence-electron chi connectivity index (χ2n) is 6.54. The normalized spacial score (nSPS) is 15.9. The first-order chi connectivity index (χ1) is 10.4. The highest BCUT2D eigenvalue weighted by Crippen LogP contribution is 2.47. The van der Waals surface area contributed by atoms with Crippen molar-refractivity contribution < 1.29 is 4.74 Å². The predicted octanol–water partition coefficient (Wildman–Crippen LogP) is 4.91. The predicted molar refractivity (Wildman–Crippen MR) is 93.7 cm³/mol. The van der Waals surface area contributed by atoms with Crippen LogP contribution in [-0.2, 0) is 5.41 Å². The molecular formula is C20H23NO. The molecule has 0 atom stereocenters. The largest absolute Gasteiger partial charge is 0.497 e. The van der Waals surface area contributed by atoms with Gasteiger partial charge in [0.2, 0.25) is 0 Å². The number of likely N-dealkylation sites (N-methyl/N-ethyl adjacent to an activating group) is 1. The van der Waals surface area contributed by atoms with Gasteiger partial charge in [0, 0.05) is 23.8 Å². The maximum atomic E-state index is 5.30. The van der Waals surface area contributed by atoms with Gasteiger partial charge in [0.1, 0.15) is 5.75 Å². The molecule has 0 saturated carbocycles. The standard InChI is InChI=1S/C20H23NO/c1-13-11-16(22-6)8-9-17(13)15-7-10-19-18(12-15)20(3,4)14(2)21(19)5/h7-12H,2H2,1,3-6H3. The number of hydrogen-bond acceptors (Lipinski definition) is 2. The van der Waals surface area contributed by atoms with Crippen molar-refractivity contribution in [3.63, 3.8) is 0 Å². The Balaban J connectivity index is 2.13. The van der Waals surface area contributed by atoms with Gasteiger partial charge in [0.15, 0.2) is 0 Å². The summed E-state index contributed by atoms with van der Waals surface area (Å²) in [7, 11) is 3.79. The number of allylic oxidation sites excluding steroid dienone is 1. The van der Waals surface area contributed by atoms with Crippen LogP contribution in [0.2, 0.25) is 0 Å². The van der Waals surface area contributed by atoms with Crippen LogP contribution in [0.4, 0.5) is 5.69 Å². The number of rotatable bonds is 2. The third-order valence-electron chi connectivity index (χ3n) is 4.90. The fourth-order valence-electron chi connectivity index (χ4n) is 3.30. The molecule has 0 saturated heterocycles. The van der Waals surface area contributed by atoms with Crippen LogP contribution in [0.3, 0.4) is 0 Å². The van der Waals surface area contributed by atoms with E-state index in [0.717, 1.165) is 11.4 Å². The van der Waals surface area contributed by atoms with E-state index >= 15 is 0 Å². The van der Waals surface area contributed by atoms with Crippen molar-refractivity contribution in [2.45, 2.75) is 26.2 Å². The molecule has 0 aliphatic carbocycles. The van der Waals surface area contributed by atoms with Crippen LogP contribution < -0.4 is 9.64 Å². The Bertz CT molecular complexity index is 758. The lowest BCUT2D eigenvalue weighted by Gasteiger charge is -2.22. The topological polar surface area (TPSA) is 12.5 Å². The van der Waals surface area contributed by atoms with Crippen molar-refractivity contribution in [2.75, 3.05) is 19.1 Å². The molecule has 0 radical (unpaired) electrons. The highest BCUT2D eigenvalue weighted by Gasteiger charge is 2.37. The summed E-state index contributed by atoms with van der Waals surface area (Å²) in [4.78, 5) is 2.19. The average molecular weight is 293 g/mol. The number of hydrogen-bond donors (Lipinski definition) is 0. The summed E-state index contributed by atoms with van der Waals surface area (Å²) >= 11 is 0. The van der Waals surface area contributed by atoms with Gasteiger partial charge in [-0.05, 0) is 53.4 Å². The fraction of sp³-hybridized carbons (Fsp3) is 0.300. The van der Waals surface area contributed by atoms with Gasteiger partial charge in [-0.25, -0.2) is 0 Å². The van der Waals surface area contributed by atoms with E-state index in [2.05, 4.69) is 69.6 Å². The van der Waals surface area contributed by atoms with E-state index < -0.39 is 0 Å². The molecule has 2 aromatic carbocycles. The van der Waals surface area contributed by atoms with Crippen LogP contribution in [0, 0.1) is 6.92 Å². The molecule has 22 heavy (non-hydrogen) atoms. The van der Waals surface area contributed by atoms with E-state index in [1.54, 1.807) is 7.11 Å². The molecule has 3 rings (SSSR count). The summed E-state index contributed by atoms with van der Waals surface area (Å²) in [6.45, 7) is 10.9. The Morgan fingerprint density at radius 3 is 2.45 bits per heavy atom. The van der Waals surface area contributed by atoms with Crippen LogP contribution in [0.1, 0.15) is 25.0 Å². The van der Waals surface area contributed by atoms with Crippen molar-refractivity contribution in [1.29, 1.82) is 0 Å². The zero-order valence-corrected chi connectivity index (χ0v) is 14.0. The molecular weight excluding hydrogens is 270 g/mol. The molecule has 0 bridgehead atoms. The van der Waals surface area contributed by atoms with Gasteiger partial charge < -0.3 is 9.64 Å². The van der Waals surface area contributed by atoms with E-state index in [-0.39, 0.29) is 5.41 Å². The second kappa shape index (κ2) is 4.91. The first-order valence-corrected chi connectivity index (χ1v) is 7.59. The van der Waals surface area contributed by atoms with Crippen LogP contribution in [0.25, 0.3) is 11.1 Å². The highest BCUT2D eigenvalue weighted by atomic mass is 16.5. The van der Waals surface area contributed by atoms with Crippen molar-refractivity contribution in [2.24, 2.45) is 0 Å². The first-order valence-electron chi connectivity index (χ1n) is 7.59. The van der Waals surface area contributed by atoms with Crippen LogP contribution in [0.5, 0.6) is 5.75 Å². The lowest BCUT2D eigenvalue weighted by molar-refractivity contribution is 0.414. The summed E-state index contributed by atoms with van der Waals surface area (Å²) in [5.74, 6) is 0.899. The molecule has 0 aromatic heterocycles. The minimum atomic E-state index is -0.0273.